The average molecular weight is 416 g/mol. The molecule has 1 N–H and O–H groups in total. The first-order valence-corrected chi connectivity index (χ1v) is 10.0. The molecule has 1 unspecified atom stereocenters. The summed E-state index contributed by atoms with van der Waals surface area (Å²) in [6.07, 6.45) is 0.153. The third-order valence-corrected chi connectivity index (χ3v) is 5.65. The standard InChI is InChI=1S/C20H18F2N4O2S/c1-12-10-17(27)23-13-6-2-4-8-15(13)25(12)18(28)11-29-20-24-14-7-3-5-9-16(14)26(20)19(21)22/h2-9,12,19H,10-11H2,1H3,(H,23,27). The van der Waals surface area contributed by atoms with Gasteiger partial charge in [-0.2, -0.15) is 8.78 Å². The van der Waals surface area contributed by atoms with Crippen LogP contribution in [0.4, 0.5) is 20.2 Å². The van der Waals surface area contributed by atoms with Gasteiger partial charge >= 0.3 is 6.55 Å². The molecule has 2 amide bonds. The molecule has 6 nitrogen and oxygen atoms in total. The highest BCUT2D eigenvalue weighted by atomic mass is 32.2. The van der Waals surface area contributed by atoms with Crippen LogP contribution in [0.1, 0.15) is 19.9 Å². The maximum Gasteiger partial charge on any atom is 0.321 e. The Morgan fingerprint density at radius 3 is 2.76 bits per heavy atom. The fourth-order valence-electron chi connectivity index (χ4n) is 3.48. The van der Waals surface area contributed by atoms with Crippen LogP contribution in [-0.4, -0.2) is 33.2 Å². The van der Waals surface area contributed by atoms with E-state index in [2.05, 4.69) is 10.3 Å². The molecule has 150 valence electrons. The molecule has 1 aromatic heterocycles. The second-order valence-corrected chi connectivity index (χ2v) is 7.64. The minimum atomic E-state index is -2.76. The molecule has 2 heterocycles. The summed E-state index contributed by atoms with van der Waals surface area (Å²) in [6.45, 7) is -0.974. The van der Waals surface area contributed by atoms with E-state index in [1.54, 1.807) is 60.4 Å². The van der Waals surface area contributed by atoms with Gasteiger partial charge in [0.1, 0.15) is 0 Å². The molecule has 29 heavy (non-hydrogen) atoms. The lowest BCUT2D eigenvalue weighted by Gasteiger charge is -2.27. The number of halogens is 2. The van der Waals surface area contributed by atoms with Crippen molar-refractivity contribution in [1.82, 2.24) is 9.55 Å². The number of rotatable bonds is 4. The summed E-state index contributed by atoms with van der Waals surface area (Å²) < 4.78 is 28.0. The van der Waals surface area contributed by atoms with Crippen LogP contribution < -0.4 is 10.2 Å². The number of aromatic nitrogens is 2. The third-order valence-electron chi connectivity index (χ3n) is 4.71. The highest BCUT2D eigenvalue weighted by Crippen LogP contribution is 2.33. The van der Waals surface area contributed by atoms with Crippen molar-refractivity contribution in [2.75, 3.05) is 16.0 Å². The number of alkyl halides is 2. The Hall–Kier alpha value is -2.94. The van der Waals surface area contributed by atoms with Gasteiger partial charge in [-0.3, -0.25) is 14.2 Å². The fraction of sp³-hybridized carbons (Fsp3) is 0.250. The summed E-state index contributed by atoms with van der Waals surface area (Å²) in [5.74, 6) is -0.533. The van der Waals surface area contributed by atoms with Crippen LogP contribution in [0, 0.1) is 0 Å². The number of hydrogen-bond donors (Lipinski definition) is 1. The second-order valence-electron chi connectivity index (χ2n) is 6.70. The average Bonchev–Trinajstić information content (AvgIpc) is 3.00. The van der Waals surface area contributed by atoms with E-state index < -0.39 is 6.55 Å². The van der Waals surface area contributed by atoms with E-state index in [0.717, 1.165) is 16.3 Å². The van der Waals surface area contributed by atoms with Crippen molar-refractivity contribution in [1.29, 1.82) is 0 Å². The molecule has 4 rings (SSSR count). The number of thioether (sulfide) groups is 1. The minimum absolute atomic E-state index is 0.0804. The van der Waals surface area contributed by atoms with Crippen molar-refractivity contribution in [2.45, 2.75) is 31.1 Å². The fourth-order valence-corrected chi connectivity index (χ4v) is 4.35. The largest absolute Gasteiger partial charge is 0.324 e. The molecule has 0 aliphatic carbocycles. The molecule has 2 aromatic carbocycles. The lowest BCUT2D eigenvalue weighted by molar-refractivity contribution is -0.117. The summed E-state index contributed by atoms with van der Waals surface area (Å²) in [5.41, 5.74) is 1.92. The highest BCUT2D eigenvalue weighted by molar-refractivity contribution is 7.99. The molecule has 1 aliphatic rings. The maximum absolute atomic E-state index is 13.6. The summed E-state index contributed by atoms with van der Waals surface area (Å²) in [6, 6.07) is 13.3. The molecule has 0 fully saturated rings. The van der Waals surface area contributed by atoms with E-state index >= 15 is 0 Å². The molecule has 9 heteroatoms. The van der Waals surface area contributed by atoms with Gasteiger partial charge < -0.3 is 10.2 Å². The van der Waals surface area contributed by atoms with Crippen molar-refractivity contribution < 1.29 is 18.4 Å². The summed E-state index contributed by atoms with van der Waals surface area (Å²) in [7, 11) is 0. The Labute approximate surface area is 169 Å². The molecule has 0 saturated heterocycles. The molecule has 0 bridgehead atoms. The number of imidazole rings is 1. The predicted molar refractivity (Wildman–Crippen MR) is 108 cm³/mol. The van der Waals surface area contributed by atoms with Gasteiger partial charge in [-0.25, -0.2) is 4.98 Å². The number of nitrogens with zero attached hydrogens (tertiary/aromatic N) is 3. The second kappa shape index (κ2) is 7.82. The van der Waals surface area contributed by atoms with Crippen LogP contribution in [0.25, 0.3) is 11.0 Å². The minimum Gasteiger partial charge on any atom is -0.324 e. The summed E-state index contributed by atoms with van der Waals surface area (Å²) >= 11 is 0.962. The zero-order valence-electron chi connectivity index (χ0n) is 15.5. The number of fused-ring (bicyclic) bond motifs is 2. The third kappa shape index (κ3) is 3.69. The van der Waals surface area contributed by atoms with Gasteiger partial charge in [-0.15, -0.1) is 0 Å². The normalized spacial score (nSPS) is 16.6. The molecule has 3 aromatic rings. The zero-order chi connectivity index (χ0) is 20.5. The van der Waals surface area contributed by atoms with Gasteiger partial charge in [0.05, 0.1) is 28.2 Å². The SMILES string of the molecule is CC1CC(=O)Nc2ccccc2N1C(=O)CSc1nc2ccccc2n1C(F)F. The Kier molecular flexibility index (Phi) is 5.23. The number of nitrogens with one attached hydrogen (secondary N) is 1. The number of anilines is 2. The van der Waals surface area contributed by atoms with Crippen molar-refractivity contribution in [3.63, 3.8) is 0 Å². The van der Waals surface area contributed by atoms with E-state index in [0.29, 0.717) is 22.4 Å². The highest BCUT2D eigenvalue weighted by Gasteiger charge is 2.30. The Morgan fingerprint density at radius 1 is 1.24 bits per heavy atom. The number of hydrogen-bond acceptors (Lipinski definition) is 4. The van der Waals surface area contributed by atoms with E-state index in [1.807, 2.05) is 0 Å². The van der Waals surface area contributed by atoms with Crippen LogP contribution in [0.3, 0.4) is 0 Å². The smallest absolute Gasteiger partial charge is 0.321 e. The molecule has 1 aliphatic heterocycles. The lowest BCUT2D eigenvalue weighted by Crippen LogP contribution is -2.40. The first-order chi connectivity index (χ1) is 14.0. The zero-order valence-corrected chi connectivity index (χ0v) is 16.3. The van der Waals surface area contributed by atoms with Crippen LogP contribution in [0.15, 0.2) is 53.7 Å². The van der Waals surface area contributed by atoms with E-state index in [4.69, 9.17) is 0 Å². The summed E-state index contributed by atoms with van der Waals surface area (Å²) in [5, 5.41) is 2.88. The maximum atomic E-state index is 13.6. The van der Waals surface area contributed by atoms with E-state index in [-0.39, 0.29) is 35.2 Å². The lowest BCUT2D eigenvalue weighted by atomic mass is 10.2. The molecular formula is C20H18F2N4O2S. The van der Waals surface area contributed by atoms with E-state index in [1.165, 1.54) is 0 Å². The van der Waals surface area contributed by atoms with Crippen molar-refractivity contribution in [3.8, 4) is 0 Å². The van der Waals surface area contributed by atoms with Gasteiger partial charge in [-0.1, -0.05) is 36.0 Å². The number of carbonyl (C=O) groups excluding carboxylic acids is 2. The molecule has 0 radical (unpaired) electrons. The Bertz CT molecular complexity index is 1090. The number of carbonyl (C=O) groups is 2. The van der Waals surface area contributed by atoms with Crippen LogP contribution in [0.5, 0.6) is 0 Å². The first kappa shape index (κ1) is 19.4. The van der Waals surface area contributed by atoms with Gasteiger partial charge in [0.15, 0.2) is 5.16 Å². The Balaban J connectivity index is 1.61. The van der Waals surface area contributed by atoms with Crippen molar-refractivity contribution in [2.24, 2.45) is 0 Å². The van der Waals surface area contributed by atoms with Crippen LogP contribution >= 0.6 is 11.8 Å². The Morgan fingerprint density at radius 2 is 1.97 bits per heavy atom. The number of para-hydroxylation sites is 4. The van der Waals surface area contributed by atoms with Gasteiger partial charge in [0, 0.05) is 12.5 Å². The predicted octanol–water partition coefficient (Wildman–Crippen LogP) is 4.29. The quantitative estimate of drug-likeness (QED) is 0.645. The summed E-state index contributed by atoms with van der Waals surface area (Å²) in [4.78, 5) is 30.9. The van der Waals surface area contributed by atoms with Gasteiger partial charge in [-0.05, 0) is 31.2 Å². The molecule has 0 spiro atoms. The molecular weight excluding hydrogens is 398 g/mol. The number of amides is 2. The monoisotopic (exact) mass is 416 g/mol. The van der Waals surface area contributed by atoms with Crippen molar-refractivity contribution >= 4 is 46.0 Å². The molecule has 1 atom stereocenters. The van der Waals surface area contributed by atoms with Gasteiger partial charge in [0.2, 0.25) is 11.8 Å². The van der Waals surface area contributed by atoms with Gasteiger partial charge in [0.25, 0.3) is 0 Å². The molecule has 0 saturated carbocycles. The van der Waals surface area contributed by atoms with Crippen LogP contribution in [-0.2, 0) is 9.59 Å². The van der Waals surface area contributed by atoms with Crippen LogP contribution in [0.2, 0.25) is 0 Å². The topological polar surface area (TPSA) is 67.2 Å². The number of benzene rings is 2. The first-order valence-electron chi connectivity index (χ1n) is 9.04. The van der Waals surface area contributed by atoms with E-state index in [9.17, 15) is 18.4 Å². The van der Waals surface area contributed by atoms with Crippen molar-refractivity contribution in [3.05, 3.63) is 48.5 Å².